The van der Waals surface area contributed by atoms with Gasteiger partial charge in [-0.25, -0.2) is 9.18 Å². The molecule has 0 N–H and O–H groups in total. The first kappa shape index (κ1) is 21.0. The monoisotopic (exact) mass is 449 g/mol. The summed E-state index contributed by atoms with van der Waals surface area (Å²) in [6, 6.07) is 13.5. The van der Waals surface area contributed by atoms with Crippen LogP contribution in [-0.4, -0.2) is 32.3 Å². The minimum atomic E-state index is -0.465. The van der Waals surface area contributed by atoms with Crippen molar-refractivity contribution in [3.05, 3.63) is 80.7 Å². The third kappa shape index (κ3) is 3.49. The van der Waals surface area contributed by atoms with Gasteiger partial charge in [0.05, 0.1) is 13.7 Å². The first-order valence-electron chi connectivity index (χ1n) is 10.7. The molecule has 0 saturated heterocycles. The zero-order chi connectivity index (χ0) is 23.3. The van der Waals surface area contributed by atoms with Crippen LogP contribution in [0.1, 0.15) is 12.5 Å². The van der Waals surface area contributed by atoms with Gasteiger partial charge in [0.1, 0.15) is 11.6 Å². The topological polar surface area (TPSA) is 74.3 Å². The van der Waals surface area contributed by atoms with Gasteiger partial charge in [-0.15, -0.1) is 0 Å². The molecular formula is C24H24FN5O3. The van der Waals surface area contributed by atoms with Crippen LogP contribution in [0.4, 0.5) is 16.0 Å². The van der Waals surface area contributed by atoms with Crippen LogP contribution in [0.5, 0.6) is 5.75 Å². The Balaban J connectivity index is 1.70. The molecule has 5 rings (SSSR count). The van der Waals surface area contributed by atoms with Crippen LogP contribution in [0.2, 0.25) is 0 Å². The molecular weight excluding hydrogens is 425 g/mol. The van der Waals surface area contributed by atoms with E-state index >= 15 is 0 Å². The molecule has 0 unspecified atom stereocenters. The number of ether oxygens (including phenoxy) is 1. The molecule has 2 aromatic heterocycles. The van der Waals surface area contributed by atoms with Crippen molar-refractivity contribution in [1.82, 2.24) is 18.7 Å². The molecule has 0 fully saturated rings. The highest BCUT2D eigenvalue weighted by Gasteiger charge is 2.30. The lowest BCUT2D eigenvalue weighted by Crippen LogP contribution is -2.40. The second-order valence-corrected chi connectivity index (χ2v) is 8.47. The molecule has 8 nitrogen and oxygen atoms in total. The van der Waals surface area contributed by atoms with E-state index in [9.17, 15) is 14.0 Å². The van der Waals surface area contributed by atoms with Gasteiger partial charge in [0.15, 0.2) is 11.2 Å². The molecule has 9 heteroatoms. The Bertz CT molecular complexity index is 1470. The SMILES string of the molecule is COc1cccc(N2C[C@H](C)Cn3c2nc2c3c(=O)n(Cc3ccc(F)cc3)c(=O)n2C)c1. The van der Waals surface area contributed by atoms with Crippen molar-refractivity contribution in [1.29, 1.82) is 0 Å². The minimum absolute atomic E-state index is 0.0530. The first-order chi connectivity index (χ1) is 15.9. The van der Waals surface area contributed by atoms with Crippen LogP contribution in [0, 0.1) is 11.7 Å². The smallest absolute Gasteiger partial charge is 0.332 e. The predicted octanol–water partition coefficient (Wildman–Crippen LogP) is 2.88. The Hall–Kier alpha value is -3.88. The molecule has 3 heterocycles. The summed E-state index contributed by atoms with van der Waals surface area (Å²) in [4.78, 5) is 33.4. The van der Waals surface area contributed by atoms with Crippen molar-refractivity contribution in [2.45, 2.75) is 20.0 Å². The van der Waals surface area contributed by atoms with Crippen LogP contribution >= 0.6 is 0 Å². The van der Waals surface area contributed by atoms with Crippen molar-refractivity contribution >= 4 is 22.8 Å². The van der Waals surface area contributed by atoms with Gasteiger partial charge in [0.25, 0.3) is 5.56 Å². The summed E-state index contributed by atoms with van der Waals surface area (Å²) in [5.74, 6) is 1.21. The van der Waals surface area contributed by atoms with Crippen LogP contribution in [0.15, 0.2) is 58.1 Å². The number of anilines is 2. The lowest BCUT2D eigenvalue weighted by Gasteiger charge is -2.33. The lowest BCUT2D eigenvalue weighted by atomic mass is 10.1. The summed E-state index contributed by atoms with van der Waals surface area (Å²) in [6.07, 6.45) is 0. The van der Waals surface area contributed by atoms with E-state index in [0.29, 0.717) is 35.8 Å². The molecule has 0 amide bonds. The highest BCUT2D eigenvalue weighted by Crippen LogP contribution is 2.34. The largest absolute Gasteiger partial charge is 0.497 e. The quantitative estimate of drug-likeness (QED) is 0.479. The number of rotatable bonds is 4. The number of hydrogen-bond acceptors (Lipinski definition) is 5. The van der Waals surface area contributed by atoms with Gasteiger partial charge in [-0.3, -0.25) is 13.9 Å². The standard InChI is InChI=1S/C24H24FN5O3/c1-15-12-28(18-5-4-6-19(11-18)33-3)23-26-21-20(29(23)13-15)22(31)30(24(32)27(21)2)14-16-7-9-17(25)10-8-16/h4-11,15H,12-14H2,1-3H3/t15-/m0/s1. The average Bonchev–Trinajstić information content (AvgIpc) is 3.20. The molecule has 170 valence electrons. The third-order valence-electron chi connectivity index (χ3n) is 6.06. The summed E-state index contributed by atoms with van der Waals surface area (Å²) in [5.41, 5.74) is 1.42. The summed E-state index contributed by atoms with van der Waals surface area (Å²) in [7, 11) is 3.23. The molecule has 1 aliphatic rings. The Morgan fingerprint density at radius 1 is 1.12 bits per heavy atom. The highest BCUT2D eigenvalue weighted by atomic mass is 19.1. The van der Waals surface area contributed by atoms with E-state index in [4.69, 9.17) is 9.72 Å². The van der Waals surface area contributed by atoms with Crippen LogP contribution < -0.4 is 20.9 Å². The van der Waals surface area contributed by atoms with E-state index < -0.39 is 11.2 Å². The molecule has 0 spiro atoms. The fraction of sp³-hybridized carbons (Fsp3) is 0.292. The van der Waals surface area contributed by atoms with Gasteiger partial charge in [0.2, 0.25) is 5.95 Å². The molecule has 0 bridgehead atoms. The van der Waals surface area contributed by atoms with E-state index in [2.05, 4.69) is 6.92 Å². The third-order valence-corrected chi connectivity index (χ3v) is 6.06. The number of methoxy groups -OCH3 is 1. The molecule has 0 radical (unpaired) electrons. The van der Waals surface area contributed by atoms with Crippen LogP contribution in [0.3, 0.4) is 0 Å². The Morgan fingerprint density at radius 3 is 2.61 bits per heavy atom. The normalized spacial score (nSPS) is 15.6. The van der Waals surface area contributed by atoms with Gasteiger partial charge in [-0.1, -0.05) is 25.1 Å². The molecule has 2 aromatic carbocycles. The van der Waals surface area contributed by atoms with Gasteiger partial charge < -0.3 is 14.2 Å². The number of hydrogen-bond donors (Lipinski definition) is 0. The lowest BCUT2D eigenvalue weighted by molar-refractivity contribution is 0.414. The summed E-state index contributed by atoms with van der Waals surface area (Å²) in [6.45, 7) is 3.49. The highest BCUT2D eigenvalue weighted by molar-refractivity contribution is 5.77. The van der Waals surface area contributed by atoms with Crippen LogP contribution in [-0.2, 0) is 20.1 Å². The second-order valence-electron chi connectivity index (χ2n) is 8.47. The number of benzene rings is 2. The van der Waals surface area contributed by atoms with E-state index in [-0.39, 0.29) is 18.3 Å². The molecule has 1 atom stereocenters. The van der Waals surface area contributed by atoms with E-state index in [1.807, 2.05) is 33.7 Å². The zero-order valence-corrected chi connectivity index (χ0v) is 18.7. The number of fused-ring (bicyclic) bond motifs is 3. The number of halogens is 1. The van der Waals surface area contributed by atoms with Gasteiger partial charge in [-0.2, -0.15) is 4.98 Å². The summed E-state index contributed by atoms with van der Waals surface area (Å²) >= 11 is 0. The van der Waals surface area contributed by atoms with Crippen molar-refractivity contribution in [2.75, 3.05) is 18.6 Å². The maximum absolute atomic E-state index is 13.5. The Kier molecular flexibility index (Phi) is 5.03. The fourth-order valence-electron chi connectivity index (χ4n) is 4.41. The van der Waals surface area contributed by atoms with Crippen molar-refractivity contribution in [3.63, 3.8) is 0 Å². The molecule has 0 aliphatic carbocycles. The number of nitrogens with zero attached hydrogens (tertiary/aromatic N) is 5. The molecule has 33 heavy (non-hydrogen) atoms. The van der Waals surface area contributed by atoms with Gasteiger partial charge in [0, 0.05) is 31.9 Å². The van der Waals surface area contributed by atoms with E-state index in [0.717, 1.165) is 11.4 Å². The first-order valence-corrected chi connectivity index (χ1v) is 10.7. The Labute approximate surface area is 189 Å². The zero-order valence-electron chi connectivity index (χ0n) is 18.7. The maximum Gasteiger partial charge on any atom is 0.332 e. The van der Waals surface area contributed by atoms with E-state index in [1.54, 1.807) is 26.3 Å². The minimum Gasteiger partial charge on any atom is -0.497 e. The number of aromatic nitrogens is 4. The predicted molar refractivity (Wildman–Crippen MR) is 124 cm³/mol. The second kappa shape index (κ2) is 7.91. The molecule has 0 saturated carbocycles. The molecule has 4 aromatic rings. The summed E-state index contributed by atoms with van der Waals surface area (Å²) < 4.78 is 23.2. The fourth-order valence-corrected chi connectivity index (χ4v) is 4.41. The number of imidazole rings is 1. The average molecular weight is 449 g/mol. The van der Waals surface area contributed by atoms with Gasteiger partial charge in [-0.05, 0) is 35.7 Å². The van der Waals surface area contributed by atoms with Crippen molar-refractivity contribution in [3.8, 4) is 5.75 Å². The van der Waals surface area contributed by atoms with E-state index in [1.165, 1.54) is 21.3 Å². The number of aryl methyl sites for hydroxylation is 1. The van der Waals surface area contributed by atoms with Crippen molar-refractivity contribution in [2.24, 2.45) is 13.0 Å². The van der Waals surface area contributed by atoms with Crippen LogP contribution in [0.25, 0.3) is 11.2 Å². The maximum atomic E-state index is 13.5. The summed E-state index contributed by atoms with van der Waals surface area (Å²) in [5, 5.41) is 0. The van der Waals surface area contributed by atoms with Crippen molar-refractivity contribution < 1.29 is 9.13 Å². The Morgan fingerprint density at radius 2 is 1.88 bits per heavy atom. The molecule has 1 aliphatic heterocycles. The van der Waals surface area contributed by atoms with Gasteiger partial charge >= 0.3 is 5.69 Å².